The van der Waals surface area contributed by atoms with Crippen LogP contribution in [0.3, 0.4) is 0 Å². The molecule has 1 saturated heterocycles. The quantitative estimate of drug-likeness (QED) is 0.692. The van der Waals surface area contributed by atoms with Crippen molar-refractivity contribution in [3.05, 3.63) is 59.8 Å². The smallest absolute Gasteiger partial charge is 0.229 e. The Morgan fingerprint density at radius 3 is 3.00 bits per heavy atom. The highest BCUT2D eigenvalue weighted by Gasteiger charge is 2.28. The monoisotopic (exact) mass is 426 g/mol. The Morgan fingerprint density at radius 1 is 1.37 bits per heavy atom. The van der Waals surface area contributed by atoms with E-state index in [1.165, 1.54) is 11.3 Å². The zero-order valence-corrected chi connectivity index (χ0v) is 16.9. The Morgan fingerprint density at radius 2 is 2.26 bits per heavy atom. The second-order valence-electron chi connectivity index (χ2n) is 5.93. The lowest BCUT2D eigenvalue weighted by Crippen LogP contribution is -2.49. The first-order valence-corrected chi connectivity index (χ1v) is 9.06. The molecule has 0 radical (unpaired) electrons. The van der Waals surface area contributed by atoms with Crippen molar-refractivity contribution in [1.29, 1.82) is 0 Å². The van der Waals surface area contributed by atoms with Crippen molar-refractivity contribution in [3.63, 3.8) is 0 Å². The number of amides is 1. The number of pyridine rings is 1. The summed E-state index contributed by atoms with van der Waals surface area (Å²) in [4.78, 5) is 23.6. The van der Waals surface area contributed by atoms with Crippen molar-refractivity contribution in [2.45, 2.75) is 12.5 Å². The molecule has 1 atom stereocenters. The SMILES string of the molecule is Cl.Cl.O=C(Cc1csc(-c2ccoc2)n1)N1CCNCC1c1cccnc1. The molecule has 0 spiro atoms. The molecule has 0 aromatic carbocycles. The van der Waals surface area contributed by atoms with Gasteiger partial charge in [0.05, 0.1) is 24.4 Å². The van der Waals surface area contributed by atoms with Gasteiger partial charge in [-0.3, -0.25) is 9.78 Å². The Hall–Kier alpha value is -1.93. The molecule has 1 aliphatic heterocycles. The van der Waals surface area contributed by atoms with Crippen molar-refractivity contribution in [1.82, 2.24) is 20.2 Å². The van der Waals surface area contributed by atoms with E-state index in [0.717, 1.165) is 34.9 Å². The number of nitrogens with one attached hydrogen (secondary N) is 1. The third-order valence-corrected chi connectivity index (χ3v) is 5.23. The molecule has 144 valence electrons. The standard InChI is InChI=1S/C18H18N4O2S.2ClH/c23-17(8-15-12-25-18(21-15)14-3-7-24-11-14)22-6-5-20-10-16(22)13-2-1-4-19-9-13;;/h1-4,7,9,11-12,16,20H,5-6,8,10H2;2*1H. The van der Waals surface area contributed by atoms with E-state index in [4.69, 9.17) is 4.42 Å². The van der Waals surface area contributed by atoms with E-state index in [-0.39, 0.29) is 36.8 Å². The predicted molar refractivity (Wildman–Crippen MR) is 110 cm³/mol. The third-order valence-electron chi connectivity index (χ3n) is 4.29. The summed E-state index contributed by atoms with van der Waals surface area (Å²) in [6.45, 7) is 2.24. The number of nitrogens with zero attached hydrogens (tertiary/aromatic N) is 3. The summed E-state index contributed by atoms with van der Waals surface area (Å²) in [6.07, 6.45) is 7.18. The average molecular weight is 427 g/mol. The van der Waals surface area contributed by atoms with Crippen molar-refractivity contribution in [2.75, 3.05) is 19.6 Å². The van der Waals surface area contributed by atoms with Gasteiger partial charge in [0.15, 0.2) is 0 Å². The lowest BCUT2D eigenvalue weighted by Gasteiger charge is -2.36. The van der Waals surface area contributed by atoms with Crippen LogP contribution in [0.1, 0.15) is 17.3 Å². The highest BCUT2D eigenvalue weighted by atomic mass is 35.5. The number of furan rings is 1. The molecule has 0 bridgehead atoms. The zero-order chi connectivity index (χ0) is 17.1. The maximum absolute atomic E-state index is 12.9. The van der Waals surface area contributed by atoms with E-state index in [1.807, 2.05) is 34.7 Å². The Labute approximate surface area is 173 Å². The van der Waals surface area contributed by atoms with E-state index >= 15 is 0 Å². The molecular weight excluding hydrogens is 407 g/mol. The van der Waals surface area contributed by atoms with Crippen molar-refractivity contribution in [3.8, 4) is 10.6 Å². The first-order valence-electron chi connectivity index (χ1n) is 8.18. The van der Waals surface area contributed by atoms with Gasteiger partial charge in [-0.1, -0.05) is 6.07 Å². The fourth-order valence-corrected chi connectivity index (χ4v) is 3.84. The maximum Gasteiger partial charge on any atom is 0.229 e. The second-order valence-corrected chi connectivity index (χ2v) is 6.78. The zero-order valence-electron chi connectivity index (χ0n) is 14.4. The number of aromatic nitrogens is 2. The molecule has 4 heterocycles. The lowest BCUT2D eigenvalue weighted by atomic mass is 10.0. The van der Waals surface area contributed by atoms with Crippen LogP contribution in [0.15, 0.2) is 52.9 Å². The van der Waals surface area contributed by atoms with Crippen molar-refractivity contribution in [2.24, 2.45) is 0 Å². The van der Waals surface area contributed by atoms with Gasteiger partial charge < -0.3 is 14.6 Å². The fourth-order valence-electron chi connectivity index (χ4n) is 3.04. The maximum atomic E-state index is 12.9. The van der Waals surface area contributed by atoms with Gasteiger partial charge in [0, 0.05) is 43.0 Å². The Kier molecular flexibility index (Phi) is 7.79. The fraction of sp³-hybridized carbons (Fsp3) is 0.278. The molecular formula is C18H20Cl2N4O2S. The van der Waals surface area contributed by atoms with Gasteiger partial charge in [-0.2, -0.15) is 0 Å². The van der Waals surface area contributed by atoms with Gasteiger partial charge in [0.2, 0.25) is 5.91 Å². The average Bonchev–Trinajstić information content (AvgIpc) is 3.34. The summed E-state index contributed by atoms with van der Waals surface area (Å²) in [7, 11) is 0. The summed E-state index contributed by atoms with van der Waals surface area (Å²) < 4.78 is 5.10. The minimum atomic E-state index is 0. The van der Waals surface area contributed by atoms with E-state index in [2.05, 4.69) is 15.3 Å². The van der Waals surface area contributed by atoms with Crippen LogP contribution in [0, 0.1) is 0 Å². The third kappa shape index (κ3) is 4.87. The molecule has 1 N–H and O–H groups in total. The molecule has 3 aromatic heterocycles. The van der Waals surface area contributed by atoms with Crippen molar-refractivity contribution >= 4 is 42.1 Å². The highest BCUT2D eigenvalue weighted by Crippen LogP contribution is 2.26. The molecule has 0 saturated carbocycles. The number of hydrogen-bond donors (Lipinski definition) is 1. The molecule has 27 heavy (non-hydrogen) atoms. The molecule has 1 unspecified atom stereocenters. The Bertz CT molecular complexity index is 842. The predicted octanol–water partition coefficient (Wildman–Crippen LogP) is 3.36. The number of thiazole rings is 1. The van der Waals surface area contributed by atoms with Gasteiger partial charge in [-0.15, -0.1) is 36.2 Å². The number of carbonyl (C=O) groups is 1. The van der Waals surface area contributed by atoms with Crippen LogP contribution < -0.4 is 5.32 Å². The van der Waals surface area contributed by atoms with E-state index in [1.54, 1.807) is 18.7 Å². The van der Waals surface area contributed by atoms with Crippen LogP contribution in [0.25, 0.3) is 10.6 Å². The number of halogens is 2. The number of carbonyl (C=O) groups excluding carboxylic acids is 1. The van der Waals surface area contributed by atoms with Crippen LogP contribution >= 0.6 is 36.2 Å². The molecule has 4 rings (SSSR count). The summed E-state index contributed by atoms with van der Waals surface area (Å²) >= 11 is 1.53. The minimum Gasteiger partial charge on any atom is -0.472 e. The first-order chi connectivity index (χ1) is 12.3. The molecule has 9 heteroatoms. The minimum absolute atomic E-state index is 0. The molecule has 3 aromatic rings. The molecule has 0 aliphatic carbocycles. The first kappa shape index (κ1) is 21.4. The van der Waals surface area contributed by atoms with Gasteiger partial charge in [-0.05, 0) is 17.7 Å². The van der Waals surface area contributed by atoms with Gasteiger partial charge in [0.1, 0.15) is 11.3 Å². The van der Waals surface area contributed by atoms with E-state index in [9.17, 15) is 4.79 Å². The number of piperazine rings is 1. The van der Waals surface area contributed by atoms with Gasteiger partial charge in [0.25, 0.3) is 0 Å². The van der Waals surface area contributed by atoms with Gasteiger partial charge in [-0.25, -0.2) is 4.98 Å². The summed E-state index contributed by atoms with van der Waals surface area (Å²) in [6, 6.07) is 5.82. The summed E-state index contributed by atoms with van der Waals surface area (Å²) in [5.41, 5.74) is 2.80. The van der Waals surface area contributed by atoms with Gasteiger partial charge >= 0.3 is 0 Å². The van der Waals surface area contributed by atoms with Crippen LogP contribution in [0.4, 0.5) is 0 Å². The Balaban J connectivity index is 0.00000131. The molecule has 1 aliphatic rings. The van der Waals surface area contributed by atoms with Crippen molar-refractivity contribution < 1.29 is 9.21 Å². The number of rotatable bonds is 4. The highest BCUT2D eigenvalue weighted by molar-refractivity contribution is 7.13. The molecule has 1 fully saturated rings. The van der Waals surface area contributed by atoms with Crippen LogP contribution in [-0.2, 0) is 11.2 Å². The normalized spacial score (nSPS) is 16.3. The van der Waals surface area contributed by atoms with E-state index in [0.29, 0.717) is 13.0 Å². The van der Waals surface area contributed by atoms with E-state index < -0.39 is 0 Å². The molecule has 6 nitrogen and oxygen atoms in total. The van der Waals surface area contributed by atoms with Crippen LogP contribution in [-0.4, -0.2) is 40.4 Å². The lowest BCUT2D eigenvalue weighted by molar-refractivity contribution is -0.133. The molecule has 1 amide bonds. The number of hydrogen-bond acceptors (Lipinski definition) is 6. The summed E-state index contributed by atoms with van der Waals surface area (Å²) in [5.74, 6) is 0.0967. The largest absolute Gasteiger partial charge is 0.472 e. The topological polar surface area (TPSA) is 71.3 Å². The van der Waals surface area contributed by atoms with Crippen LogP contribution in [0.5, 0.6) is 0 Å². The second kappa shape index (κ2) is 9.85. The van der Waals surface area contributed by atoms with Crippen LogP contribution in [0.2, 0.25) is 0 Å². The summed E-state index contributed by atoms with van der Waals surface area (Å²) in [5, 5.41) is 6.18.